The van der Waals surface area contributed by atoms with Crippen molar-refractivity contribution in [1.82, 2.24) is 10.6 Å². The summed E-state index contributed by atoms with van der Waals surface area (Å²) in [5.74, 6) is -0.0588. The molecule has 5 heteroatoms. The number of hydrogen-bond acceptors (Lipinski definition) is 3. The average molecular weight is 304 g/mol. The van der Waals surface area contributed by atoms with Crippen molar-refractivity contribution < 1.29 is 14.3 Å². The van der Waals surface area contributed by atoms with Crippen molar-refractivity contribution in [2.45, 2.75) is 51.8 Å². The van der Waals surface area contributed by atoms with Crippen LogP contribution in [0.25, 0.3) is 0 Å². The van der Waals surface area contributed by atoms with Gasteiger partial charge in [-0.1, -0.05) is 50.6 Å². The molecule has 0 bridgehead atoms. The largest absolute Gasteiger partial charge is 0.445 e. The summed E-state index contributed by atoms with van der Waals surface area (Å²) in [6.45, 7) is 4.15. The first-order valence-electron chi connectivity index (χ1n) is 7.87. The molecule has 0 aliphatic heterocycles. The van der Waals surface area contributed by atoms with E-state index in [2.05, 4.69) is 10.6 Å². The first-order chi connectivity index (χ1) is 10.6. The Bertz CT molecular complexity index is 500. The average Bonchev–Trinajstić information content (AvgIpc) is 3.34. The van der Waals surface area contributed by atoms with Gasteiger partial charge in [-0.2, -0.15) is 0 Å². The Labute approximate surface area is 131 Å². The van der Waals surface area contributed by atoms with E-state index >= 15 is 0 Å². The van der Waals surface area contributed by atoms with E-state index in [1.165, 1.54) is 0 Å². The van der Waals surface area contributed by atoms with Gasteiger partial charge in [0.05, 0.1) is 0 Å². The molecule has 1 aliphatic carbocycles. The Balaban J connectivity index is 1.85. The molecule has 1 aromatic rings. The Morgan fingerprint density at radius 1 is 1.27 bits per heavy atom. The highest BCUT2D eigenvalue weighted by atomic mass is 16.5. The van der Waals surface area contributed by atoms with Gasteiger partial charge in [0.25, 0.3) is 0 Å². The molecule has 2 N–H and O–H groups in total. The van der Waals surface area contributed by atoms with Crippen molar-refractivity contribution in [3.63, 3.8) is 0 Å². The van der Waals surface area contributed by atoms with Crippen LogP contribution in [-0.4, -0.2) is 24.1 Å². The maximum atomic E-state index is 12.2. The number of carbonyl (C=O) groups is 2. The second-order valence-electron chi connectivity index (χ2n) is 5.85. The molecule has 1 fully saturated rings. The maximum Gasteiger partial charge on any atom is 0.408 e. The van der Waals surface area contributed by atoms with Gasteiger partial charge in [-0.3, -0.25) is 4.79 Å². The Kier molecular flexibility index (Phi) is 5.81. The van der Waals surface area contributed by atoms with Crippen molar-refractivity contribution >= 4 is 12.0 Å². The van der Waals surface area contributed by atoms with Crippen molar-refractivity contribution in [1.29, 1.82) is 0 Å². The lowest BCUT2D eigenvalue weighted by atomic mass is 9.98. The minimum atomic E-state index is -0.555. The number of ether oxygens (including phenoxy) is 1. The van der Waals surface area contributed by atoms with Crippen LogP contribution in [0, 0.1) is 5.92 Å². The third-order valence-corrected chi connectivity index (χ3v) is 3.91. The standard InChI is InChI=1S/C17H24N2O3/c1-3-12(2)15(16(20)18-14-9-10-14)19-17(21)22-11-13-7-5-4-6-8-13/h4-8,12,14-15H,3,9-11H2,1-2H3,(H,18,20)(H,19,21)/t12-,15-/m1/s1. The van der Waals surface area contributed by atoms with Crippen LogP contribution >= 0.6 is 0 Å². The number of benzene rings is 1. The molecule has 0 unspecified atom stereocenters. The quantitative estimate of drug-likeness (QED) is 0.813. The number of amides is 2. The Hall–Kier alpha value is -2.04. The van der Waals surface area contributed by atoms with E-state index < -0.39 is 12.1 Å². The van der Waals surface area contributed by atoms with Gasteiger partial charge in [0, 0.05) is 6.04 Å². The van der Waals surface area contributed by atoms with Gasteiger partial charge in [0.2, 0.25) is 5.91 Å². The minimum absolute atomic E-state index is 0.0584. The predicted octanol–water partition coefficient (Wildman–Crippen LogP) is 2.61. The fraction of sp³-hybridized carbons (Fsp3) is 0.529. The molecule has 0 heterocycles. The van der Waals surface area contributed by atoms with Crippen LogP contribution in [0.15, 0.2) is 30.3 Å². The molecule has 2 rings (SSSR count). The zero-order chi connectivity index (χ0) is 15.9. The third kappa shape index (κ3) is 5.06. The van der Waals surface area contributed by atoms with Crippen LogP contribution < -0.4 is 10.6 Å². The number of alkyl carbamates (subject to hydrolysis) is 1. The third-order valence-electron chi connectivity index (χ3n) is 3.91. The van der Waals surface area contributed by atoms with E-state index in [0.717, 1.165) is 24.8 Å². The summed E-state index contributed by atoms with van der Waals surface area (Å²) in [7, 11) is 0. The number of nitrogens with one attached hydrogen (secondary N) is 2. The van der Waals surface area contributed by atoms with Crippen LogP contribution in [0.5, 0.6) is 0 Å². The highest BCUT2D eigenvalue weighted by Crippen LogP contribution is 2.19. The Morgan fingerprint density at radius 2 is 1.95 bits per heavy atom. The zero-order valence-corrected chi connectivity index (χ0v) is 13.2. The molecule has 5 nitrogen and oxygen atoms in total. The van der Waals surface area contributed by atoms with E-state index in [1.54, 1.807) is 0 Å². The van der Waals surface area contributed by atoms with E-state index in [9.17, 15) is 9.59 Å². The molecule has 1 saturated carbocycles. The van der Waals surface area contributed by atoms with Gasteiger partial charge in [-0.05, 0) is 24.3 Å². The van der Waals surface area contributed by atoms with Crippen LogP contribution in [0.2, 0.25) is 0 Å². The molecule has 1 aromatic carbocycles. The summed E-state index contributed by atoms with van der Waals surface area (Å²) in [6, 6.07) is 9.20. The van der Waals surface area contributed by atoms with E-state index in [1.807, 2.05) is 44.2 Å². The minimum Gasteiger partial charge on any atom is -0.445 e. The van der Waals surface area contributed by atoms with Crippen LogP contribution in [-0.2, 0) is 16.1 Å². The maximum absolute atomic E-state index is 12.2. The van der Waals surface area contributed by atoms with Crippen molar-refractivity contribution in [2.75, 3.05) is 0 Å². The summed E-state index contributed by atoms with van der Waals surface area (Å²) >= 11 is 0. The molecule has 2 amide bonds. The van der Waals surface area contributed by atoms with Gasteiger partial charge in [0.1, 0.15) is 12.6 Å². The van der Waals surface area contributed by atoms with Gasteiger partial charge >= 0.3 is 6.09 Å². The number of hydrogen-bond donors (Lipinski definition) is 2. The highest BCUT2D eigenvalue weighted by Gasteiger charge is 2.31. The molecule has 0 saturated heterocycles. The smallest absolute Gasteiger partial charge is 0.408 e. The van der Waals surface area contributed by atoms with Crippen LogP contribution in [0.1, 0.15) is 38.7 Å². The normalized spacial score (nSPS) is 16.5. The predicted molar refractivity (Wildman–Crippen MR) is 84.2 cm³/mol. The van der Waals surface area contributed by atoms with Gasteiger partial charge in [0.15, 0.2) is 0 Å². The lowest BCUT2D eigenvalue weighted by molar-refractivity contribution is -0.124. The molecule has 2 atom stereocenters. The van der Waals surface area contributed by atoms with Crippen LogP contribution in [0.4, 0.5) is 4.79 Å². The number of carbonyl (C=O) groups excluding carboxylic acids is 2. The molecular weight excluding hydrogens is 280 g/mol. The molecular formula is C17H24N2O3. The van der Waals surface area contributed by atoms with Gasteiger partial charge in [-0.15, -0.1) is 0 Å². The fourth-order valence-corrected chi connectivity index (χ4v) is 2.11. The monoisotopic (exact) mass is 304 g/mol. The number of rotatable bonds is 7. The summed E-state index contributed by atoms with van der Waals surface area (Å²) in [6.07, 6.45) is 2.30. The summed E-state index contributed by atoms with van der Waals surface area (Å²) in [5, 5.41) is 5.64. The summed E-state index contributed by atoms with van der Waals surface area (Å²) < 4.78 is 5.19. The lowest BCUT2D eigenvalue weighted by Gasteiger charge is -2.23. The molecule has 0 radical (unpaired) electrons. The van der Waals surface area contributed by atoms with Crippen molar-refractivity contribution in [2.24, 2.45) is 5.92 Å². The summed E-state index contributed by atoms with van der Waals surface area (Å²) in [4.78, 5) is 24.2. The SMILES string of the molecule is CC[C@@H](C)[C@@H](NC(=O)OCc1ccccc1)C(=O)NC1CC1. The van der Waals surface area contributed by atoms with Crippen molar-refractivity contribution in [3.8, 4) is 0 Å². The Morgan fingerprint density at radius 3 is 2.55 bits per heavy atom. The second kappa shape index (κ2) is 7.82. The topological polar surface area (TPSA) is 67.4 Å². The van der Waals surface area contributed by atoms with Gasteiger partial charge in [-0.25, -0.2) is 4.79 Å². The molecule has 1 aliphatic rings. The molecule has 22 heavy (non-hydrogen) atoms. The second-order valence-corrected chi connectivity index (χ2v) is 5.85. The van der Waals surface area contributed by atoms with E-state index in [4.69, 9.17) is 4.74 Å². The highest BCUT2D eigenvalue weighted by molar-refractivity contribution is 5.86. The zero-order valence-electron chi connectivity index (χ0n) is 13.2. The fourth-order valence-electron chi connectivity index (χ4n) is 2.11. The first-order valence-corrected chi connectivity index (χ1v) is 7.87. The van der Waals surface area contributed by atoms with Gasteiger partial charge < -0.3 is 15.4 Å². The van der Waals surface area contributed by atoms with Crippen molar-refractivity contribution in [3.05, 3.63) is 35.9 Å². The lowest BCUT2D eigenvalue weighted by Crippen LogP contribution is -2.50. The molecule has 0 spiro atoms. The molecule has 120 valence electrons. The van der Waals surface area contributed by atoms with Crippen LogP contribution in [0.3, 0.4) is 0 Å². The van der Waals surface area contributed by atoms with E-state index in [0.29, 0.717) is 0 Å². The summed E-state index contributed by atoms with van der Waals surface area (Å²) in [5.41, 5.74) is 0.917. The first kappa shape index (κ1) is 16.3. The van der Waals surface area contributed by atoms with E-state index in [-0.39, 0.29) is 24.5 Å². The molecule has 0 aromatic heterocycles.